The number of aromatic hydroxyl groups is 1. The second-order valence-corrected chi connectivity index (χ2v) is 8.49. The van der Waals surface area contributed by atoms with Gasteiger partial charge in [0, 0.05) is 21.5 Å². The molecule has 8 nitrogen and oxygen atoms in total. The number of amides is 1. The molecule has 0 saturated heterocycles. The molecule has 1 saturated carbocycles. The van der Waals surface area contributed by atoms with Gasteiger partial charge in [-0.1, -0.05) is 0 Å². The number of halogens is 1. The number of phenols is 1. The summed E-state index contributed by atoms with van der Waals surface area (Å²) in [4.78, 5) is 37.0. The van der Waals surface area contributed by atoms with E-state index in [1.54, 1.807) is 6.07 Å². The number of nitrogens with two attached hydrogens (primary N) is 1. The molecule has 0 heterocycles. The molecule has 0 bridgehead atoms. The van der Waals surface area contributed by atoms with Crippen LogP contribution >= 0.6 is 22.6 Å². The van der Waals surface area contributed by atoms with Gasteiger partial charge in [0.15, 0.2) is 11.4 Å². The Hall–Kier alpha value is -2.40. The summed E-state index contributed by atoms with van der Waals surface area (Å²) in [5.74, 6) is -6.15. The average Bonchev–Trinajstić information content (AvgIpc) is 2.61. The molecular weight excluding hydrogens is 481 g/mol. The fraction of sp³-hybridized carbons (Fsp3) is 0.316. The lowest BCUT2D eigenvalue weighted by atomic mass is 9.59. The molecule has 1 aromatic carbocycles. The van der Waals surface area contributed by atoms with E-state index < -0.39 is 52.0 Å². The van der Waals surface area contributed by atoms with Gasteiger partial charge in [0.05, 0.1) is 5.56 Å². The van der Waals surface area contributed by atoms with Crippen molar-refractivity contribution in [3.63, 3.8) is 0 Å². The van der Waals surface area contributed by atoms with Crippen LogP contribution in [0.15, 0.2) is 29.0 Å². The van der Waals surface area contributed by atoms with Crippen molar-refractivity contribution in [1.82, 2.24) is 0 Å². The Morgan fingerprint density at radius 1 is 1.18 bits per heavy atom. The number of carbonyl (C=O) groups is 3. The SMILES string of the molecule is NC(=O)C1=C(O)[C@@]2(O)C(=O)C3=C(O)c4c(O)ccc(I)c4C[C@H]3C[C@H]2CC1=O. The number of Topliss-reactive ketones (excluding diaryl/α,β-unsaturated/α-hetero) is 2. The Balaban J connectivity index is 1.95. The smallest absolute Gasteiger partial charge is 0.255 e. The minimum absolute atomic E-state index is 0.110. The highest BCUT2D eigenvalue weighted by molar-refractivity contribution is 14.1. The standard InChI is InChI=1S/C19H16INO7/c20-9-1-2-10(22)13-8(9)4-6-3-7-5-11(23)14(18(21)27)17(26)19(7,28)16(25)12(6)15(13)24/h1-2,6-7,22,24,26,28H,3-5H2,(H2,21,27)/t6-,7+,19+/m1/s1. The van der Waals surface area contributed by atoms with Gasteiger partial charge in [-0.05, 0) is 59.0 Å². The third kappa shape index (κ3) is 2.29. The number of primary amides is 1. The molecule has 0 unspecified atom stereocenters. The average molecular weight is 497 g/mol. The lowest BCUT2D eigenvalue weighted by Gasteiger charge is -2.46. The zero-order valence-corrected chi connectivity index (χ0v) is 16.6. The second-order valence-electron chi connectivity index (χ2n) is 7.33. The molecule has 1 amide bonds. The van der Waals surface area contributed by atoms with E-state index in [9.17, 15) is 34.8 Å². The van der Waals surface area contributed by atoms with E-state index in [0.717, 1.165) is 3.57 Å². The van der Waals surface area contributed by atoms with Crippen molar-refractivity contribution in [2.24, 2.45) is 17.6 Å². The molecular formula is C19H16INO7. The van der Waals surface area contributed by atoms with E-state index >= 15 is 0 Å². The molecule has 1 fully saturated rings. The molecule has 0 spiro atoms. The minimum atomic E-state index is -2.52. The molecule has 146 valence electrons. The summed E-state index contributed by atoms with van der Waals surface area (Å²) >= 11 is 2.06. The van der Waals surface area contributed by atoms with E-state index in [1.807, 2.05) is 0 Å². The maximum atomic E-state index is 13.2. The van der Waals surface area contributed by atoms with E-state index in [2.05, 4.69) is 22.6 Å². The predicted octanol–water partition coefficient (Wildman–Crippen LogP) is 1.03. The van der Waals surface area contributed by atoms with Gasteiger partial charge in [-0.25, -0.2) is 0 Å². The van der Waals surface area contributed by atoms with Crippen LogP contribution < -0.4 is 5.73 Å². The van der Waals surface area contributed by atoms with Gasteiger partial charge in [-0.3, -0.25) is 14.4 Å². The number of phenolic OH excluding ortho intramolecular Hbond substituents is 1. The van der Waals surface area contributed by atoms with Crippen molar-refractivity contribution in [2.75, 3.05) is 0 Å². The number of ketones is 2. The molecule has 3 aliphatic rings. The Morgan fingerprint density at radius 2 is 1.86 bits per heavy atom. The summed E-state index contributed by atoms with van der Waals surface area (Å²) in [6.45, 7) is 0. The summed E-state index contributed by atoms with van der Waals surface area (Å²) < 4.78 is 0.794. The largest absolute Gasteiger partial charge is 0.508 e. The summed E-state index contributed by atoms with van der Waals surface area (Å²) in [6.07, 6.45) is 0.134. The molecule has 28 heavy (non-hydrogen) atoms. The van der Waals surface area contributed by atoms with E-state index in [4.69, 9.17) is 5.73 Å². The lowest BCUT2D eigenvalue weighted by molar-refractivity contribution is -0.147. The first kappa shape index (κ1) is 18.9. The maximum absolute atomic E-state index is 13.2. The maximum Gasteiger partial charge on any atom is 0.255 e. The van der Waals surface area contributed by atoms with Crippen LogP contribution in [-0.2, 0) is 20.8 Å². The molecule has 3 atom stereocenters. The van der Waals surface area contributed by atoms with Gasteiger partial charge in [0.2, 0.25) is 5.78 Å². The van der Waals surface area contributed by atoms with Crippen molar-refractivity contribution in [1.29, 1.82) is 0 Å². The third-order valence-electron chi connectivity index (χ3n) is 5.89. The molecule has 6 N–H and O–H groups in total. The third-order valence-corrected chi connectivity index (χ3v) is 6.90. The van der Waals surface area contributed by atoms with E-state index in [1.165, 1.54) is 6.07 Å². The Morgan fingerprint density at radius 3 is 2.50 bits per heavy atom. The molecule has 0 aliphatic heterocycles. The van der Waals surface area contributed by atoms with Gasteiger partial charge in [0.1, 0.15) is 22.8 Å². The van der Waals surface area contributed by atoms with E-state index in [0.29, 0.717) is 12.0 Å². The number of carbonyl (C=O) groups excluding carboxylic acids is 3. The van der Waals surface area contributed by atoms with Crippen LogP contribution in [0.4, 0.5) is 0 Å². The van der Waals surface area contributed by atoms with Crippen molar-refractivity contribution < 1.29 is 34.8 Å². The number of benzene rings is 1. The number of rotatable bonds is 1. The van der Waals surface area contributed by atoms with Gasteiger partial charge in [-0.2, -0.15) is 0 Å². The highest BCUT2D eigenvalue weighted by atomic mass is 127. The number of hydrogen-bond acceptors (Lipinski definition) is 7. The summed E-state index contributed by atoms with van der Waals surface area (Å²) in [5, 5.41) is 42.5. The lowest BCUT2D eigenvalue weighted by Crippen LogP contribution is -2.58. The molecule has 4 rings (SSSR count). The van der Waals surface area contributed by atoms with Crippen molar-refractivity contribution in [3.05, 3.63) is 43.7 Å². The Labute approximate surface area is 172 Å². The summed E-state index contributed by atoms with van der Waals surface area (Å²) in [5.41, 5.74) is 2.47. The number of aliphatic hydroxyl groups excluding tert-OH is 2. The Kier molecular flexibility index (Phi) is 4.09. The fourth-order valence-corrected chi connectivity index (χ4v) is 5.25. The zero-order chi connectivity index (χ0) is 20.5. The summed E-state index contributed by atoms with van der Waals surface area (Å²) in [7, 11) is 0. The van der Waals surface area contributed by atoms with Crippen molar-refractivity contribution in [2.45, 2.75) is 24.9 Å². The van der Waals surface area contributed by atoms with Gasteiger partial charge < -0.3 is 26.2 Å². The van der Waals surface area contributed by atoms with Crippen LogP contribution in [0.1, 0.15) is 24.0 Å². The molecule has 3 aliphatic carbocycles. The van der Waals surface area contributed by atoms with E-state index in [-0.39, 0.29) is 29.7 Å². The van der Waals surface area contributed by atoms with Gasteiger partial charge in [0.25, 0.3) is 5.91 Å². The topological polar surface area (TPSA) is 158 Å². The molecule has 0 aromatic heterocycles. The number of aliphatic hydroxyl groups is 3. The van der Waals surface area contributed by atoms with Crippen molar-refractivity contribution in [3.8, 4) is 5.75 Å². The van der Waals surface area contributed by atoms with Gasteiger partial charge >= 0.3 is 0 Å². The van der Waals surface area contributed by atoms with Gasteiger partial charge in [-0.15, -0.1) is 0 Å². The minimum Gasteiger partial charge on any atom is -0.508 e. The monoisotopic (exact) mass is 497 g/mol. The van der Waals surface area contributed by atoms with Crippen LogP contribution in [0.2, 0.25) is 0 Å². The fourth-order valence-electron chi connectivity index (χ4n) is 4.58. The number of hydrogen-bond donors (Lipinski definition) is 5. The Bertz CT molecular complexity index is 1040. The predicted molar refractivity (Wildman–Crippen MR) is 104 cm³/mol. The van der Waals surface area contributed by atoms with Crippen LogP contribution in [-0.4, -0.2) is 43.5 Å². The first-order chi connectivity index (χ1) is 13.1. The van der Waals surface area contributed by atoms with Crippen LogP contribution in [0, 0.1) is 15.4 Å². The summed E-state index contributed by atoms with van der Waals surface area (Å²) in [6, 6.07) is 3.08. The molecule has 1 aromatic rings. The zero-order valence-electron chi connectivity index (χ0n) is 14.4. The highest BCUT2D eigenvalue weighted by Crippen LogP contribution is 2.52. The van der Waals surface area contributed by atoms with Crippen LogP contribution in [0.5, 0.6) is 5.75 Å². The second kappa shape index (κ2) is 6.05. The first-order valence-corrected chi connectivity index (χ1v) is 9.64. The van der Waals surface area contributed by atoms with Crippen LogP contribution in [0.3, 0.4) is 0 Å². The van der Waals surface area contributed by atoms with Crippen molar-refractivity contribution >= 4 is 45.8 Å². The normalized spacial score (nSPS) is 29.4. The molecule has 0 radical (unpaired) electrons. The quantitative estimate of drug-likeness (QED) is 0.286. The molecule has 9 heteroatoms. The highest BCUT2D eigenvalue weighted by Gasteiger charge is 2.60. The van der Waals surface area contributed by atoms with Crippen LogP contribution in [0.25, 0.3) is 5.76 Å². The first-order valence-electron chi connectivity index (χ1n) is 8.56. The number of fused-ring (bicyclic) bond motifs is 3.